The molecule has 2 N–H and O–H groups in total. The average Bonchev–Trinajstić information content (AvgIpc) is 2.90. The maximum Gasteiger partial charge on any atom is 0.317 e. The number of urea groups is 1. The first-order valence-corrected chi connectivity index (χ1v) is 9.38. The molecule has 2 heterocycles. The van der Waals surface area contributed by atoms with Crippen LogP contribution in [0.1, 0.15) is 32.6 Å². The van der Waals surface area contributed by atoms with Crippen molar-refractivity contribution in [1.82, 2.24) is 14.9 Å². The number of ether oxygens (including phenoxy) is 1. The van der Waals surface area contributed by atoms with Crippen LogP contribution in [0.15, 0.2) is 0 Å². The Balaban J connectivity index is 1.83. The number of piperidine rings is 1. The molecule has 0 spiro atoms. The van der Waals surface area contributed by atoms with Crippen LogP contribution in [0.5, 0.6) is 0 Å². The fourth-order valence-electron chi connectivity index (χ4n) is 2.94. The summed E-state index contributed by atoms with van der Waals surface area (Å²) in [6.45, 7) is 3.78. The van der Waals surface area contributed by atoms with Gasteiger partial charge in [0, 0.05) is 25.7 Å². The van der Waals surface area contributed by atoms with Gasteiger partial charge in [-0.15, -0.1) is 0 Å². The highest BCUT2D eigenvalue weighted by Crippen LogP contribution is 2.16. The zero-order valence-electron chi connectivity index (χ0n) is 12.7. The summed E-state index contributed by atoms with van der Waals surface area (Å²) in [5, 5.41) is 2.96. The zero-order valence-corrected chi connectivity index (χ0v) is 13.5. The molecule has 2 amide bonds. The normalized spacial score (nSPS) is 28.4. The summed E-state index contributed by atoms with van der Waals surface area (Å²) in [7, 11) is -3.24. The minimum atomic E-state index is -3.24. The number of likely N-dealkylation sites (tertiary alicyclic amines) is 1. The van der Waals surface area contributed by atoms with Crippen molar-refractivity contribution in [2.75, 3.05) is 26.0 Å². The van der Waals surface area contributed by atoms with E-state index in [0.717, 1.165) is 38.5 Å². The van der Waals surface area contributed by atoms with Gasteiger partial charge in [0.05, 0.1) is 18.4 Å². The highest BCUT2D eigenvalue weighted by atomic mass is 32.2. The molecule has 0 aromatic rings. The summed E-state index contributed by atoms with van der Waals surface area (Å²) in [5.74, 6) is 0. The van der Waals surface area contributed by atoms with Gasteiger partial charge in [-0.1, -0.05) is 0 Å². The Bertz CT molecular complexity index is 462. The maximum absolute atomic E-state index is 12.3. The number of hydrogen-bond acceptors (Lipinski definition) is 4. The third kappa shape index (κ3) is 5.12. The van der Waals surface area contributed by atoms with E-state index in [9.17, 15) is 13.2 Å². The molecule has 122 valence electrons. The summed E-state index contributed by atoms with van der Waals surface area (Å²) >= 11 is 0. The lowest BCUT2D eigenvalue weighted by molar-refractivity contribution is 0.0822. The molecule has 21 heavy (non-hydrogen) atoms. The van der Waals surface area contributed by atoms with Crippen LogP contribution >= 0.6 is 0 Å². The van der Waals surface area contributed by atoms with Crippen molar-refractivity contribution >= 4 is 16.1 Å². The molecule has 0 aromatic heterocycles. The molecule has 2 aliphatic heterocycles. The number of carbonyl (C=O) groups excluding carboxylic acids is 1. The third-order valence-corrected chi connectivity index (χ3v) is 4.72. The molecule has 2 aliphatic rings. The number of carbonyl (C=O) groups is 1. The van der Waals surface area contributed by atoms with Crippen molar-refractivity contribution in [1.29, 1.82) is 0 Å². The van der Waals surface area contributed by atoms with E-state index in [1.807, 2.05) is 6.92 Å². The van der Waals surface area contributed by atoms with E-state index in [-0.39, 0.29) is 24.2 Å². The van der Waals surface area contributed by atoms with Crippen molar-refractivity contribution < 1.29 is 17.9 Å². The van der Waals surface area contributed by atoms with E-state index in [1.54, 1.807) is 4.90 Å². The zero-order chi connectivity index (χ0) is 15.5. The third-order valence-electron chi connectivity index (χ3n) is 3.96. The summed E-state index contributed by atoms with van der Waals surface area (Å²) in [6.07, 6.45) is 4.80. The minimum Gasteiger partial charge on any atom is -0.376 e. The average molecular weight is 319 g/mol. The lowest BCUT2D eigenvalue weighted by atomic mass is 10.1. The van der Waals surface area contributed by atoms with Gasteiger partial charge in [0.2, 0.25) is 10.0 Å². The molecule has 7 nitrogen and oxygen atoms in total. The van der Waals surface area contributed by atoms with Crippen molar-refractivity contribution in [3.05, 3.63) is 0 Å². The Labute approximate surface area is 126 Å². The topological polar surface area (TPSA) is 87.7 Å². The van der Waals surface area contributed by atoms with Gasteiger partial charge in [0.25, 0.3) is 0 Å². The summed E-state index contributed by atoms with van der Waals surface area (Å²) in [6, 6.07) is -0.362. The standard InChI is InChI=1S/C13H25N3O4S/c1-10(12-6-4-8-20-12)14-13(17)16-7-3-5-11(9-16)15-21(2,18)19/h10-12,15H,3-9H2,1-2H3,(H,14,17)/t10-,11-,12-/m0/s1. The Kier molecular flexibility index (Phi) is 5.45. The molecule has 3 atom stereocenters. The highest BCUT2D eigenvalue weighted by molar-refractivity contribution is 7.88. The minimum absolute atomic E-state index is 0.0248. The van der Waals surface area contributed by atoms with Crippen molar-refractivity contribution in [2.24, 2.45) is 0 Å². The van der Waals surface area contributed by atoms with E-state index in [1.165, 1.54) is 0 Å². The predicted octanol–water partition coefficient (Wildman–Crippen LogP) is 0.277. The van der Waals surface area contributed by atoms with Gasteiger partial charge in [-0.3, -0.25) is 0 Å². The fraction of sp³-hybridized carbons (Fsp3) is 0.923. The molecule has 0 aliphatic carbocycles. The predicted molar refractivity (Wildman–Crippen MR) is 79.5 cm³/mol. The lowest BCUT2D eigenvalue weighted by Crippen LogP contribution is -2.54. The van der Waals surface area contributed by atoms with Crippen LogP contribution in [0, 0.1) is 0 Å². The molecule has 8 heteroatoms. The second kappa shape index (κ2) is 6.93. The van der Waals surface area contributed by atoms with Gasteiger partial charge in [0.1, 0.15) is 0 Å². The quantitative estimate of drug-likeness (QED) is 0.779. The molecule has 2 saturated heterocycles. The Morgan fingerprint density at radius 3 is 2.71 bits per heavy atom. The molecule has 0 aromatic carbocycles. The van der Waals surface area contributed by atoms with Gasteiger partial charge < -0.3 is 15.0 Å². The molecule has 0 bridgehead atoms. The number of rotatable bonds is 4. The largest absolute Gasteiger partial charge is 0.376 e. The lowest BCUT2D eigenvalue weighted by Gasteiger charge is -2.34. The van der Waals surface area contributed by atoms with Crippen molar-refractivity contribution in [3.63, 3.8) is 0 Å². The van der Waals surface area contributed by atoms with Crippen LogP contribution < -0.4 is 10.0 Å². The Hall–Kier alpha value is -0.860. The number of amides is 2. The van der Waals surface area contributed by atoms with Crippen molar-refractivity contribution in [3.8, 4) is 0 Å². The first-order chi connectivity index (χ1) is 9.85. The Morgan fingerprint density at radius 1 is 1.33 bits per heavy atom. The number of nitrogens with one attached hydrogen (secondary N) is 2. The van der Waals surface area contributed by atoms with E-state index in [0.29, 0.717) is 13.1 Å². The monoisotopic (exact) mass is 319 g/mol. The summed E-state index contributed by atoms with van der Waals surface area (Å²) in [4.78, 5) is 13.9. The molecule has 0 unspecified atom stereocenters. The Morgan fingerprint density at radius 2 is 2.10 bits per heavy atom. The number of hydrogen-bond donors (Lipinski definition) is 2. The SMILES string of the molecule is C[C@H](NC(=O)N1CCC[C@H](NS(C)(=O)=O)C1)[C@@H]1CCCO1. The number of nitrogens with zero attached hydrogens (tertiary/aromatic N) is 1. The molecular formula is C13H25N3O4S. The van der Waals surface area contributed by atoms with Crippen LogP contribution in [0.2, 0.25) is 0 Å². The maximum atomic E-state index is 12.3. The van der Waals surface area contributed by atoms with Crippen LogP contribution in [0.3, 0.4) is 0 Å². The molecule has 0 radical (unpaired) electrons. The van der Waals surface area contributed by atoms with Crippen LogP contribution in [0.25, 0.3) is 0 Å². The first-order valence-electron chi connectivity index (χ1n) is 7.49. The van der Waals surface area contributed by atoms with E-state index in [2.05, 4.69) is 10.0 Å². The van der Waals surface area contributed by atoms with Crippen LogP contribution in [0.4, 0.5) is 4.79 Å². The molecule has 2 rings (SSSR count). The van der Waals surface area contributed by atoms with Gasteiger partial charge >= 0.3 is 6.03 Å². The molecule has 0 saturated carbocycles. The van der Waals surface area contributed by atoms with Crippen molar-refractivity contribution in [2.45, 2.75) is 50.8 Å². The summed E-state index contributed by atoms with van der Waals surface area (Å²) < 4.78 is 30.7. The van der Waals surface area contributed by atoms with E-state index >= 15 is 0 Å². The fourth-order valence-corrected chi connectivity index (χ4v) is 3.73. The first kappa shape index (κ1) is 16.5. The van der Waals surface area contributed by atoms with Gasteiger partial charge in [-0.05, 0) is 32.6 Å². The van der Waals surface area contributed by atoms with Gasteiger partial charge in [-0.25, -0.2) is 17.9 Å². The van der Waals surface area contributed by atoms with E-state index < -0.39 is 10.0 Å². The second-order valence-electron chi connectivity index (χ2n) is 5.96. The number of sulfonamides is 1. The van der Waals surface area contributed by atoms with E-state index in [4.69, 9.17) is 4.74 Å². The van der Waals surface area contributed by atoms with Crippen LogP contribution in [-0.2, 0) is 14.8 Å². The van der Waals surface area contributed by atoms with Gasteiger partial charge in [-0.2, -0.15) is 0 Å². The molecular weight excluding hydrogens is 294 g/mol. The second-order valence-corrected chi connectivity index (χ2v) is 7.74. The molecule has 2 fully saturated rings. The van der Waals surface area contributed by atoms with Crippen LogP contribution in [-0.4, -0.2) is 63.5 Å². The highest BCUT2D eigenvalue weighted by Gasteiger charge is 2.28. The van der Waals surface area contributed by atoms with Gasteiger partial charge in [0.15, 0.2) is 0 Å². The smallest absolute Gasteiger partial charge is 0.317 e. The summed E-state index contributed by atoms with van der Waals surface area (Å²) in [5.41, 5.74) is 0.